The number of carbonyl (C=O) groups is 3. The van der Waals surface area contributed by atoms with Gasteiger partial charge in [0.05, 0.1) is 0 Å². The Morgan fingerprint density at radius 1 is 1.07 bits per heavy atom. The van der Waals surface area contributed by atoms with Crippen LogP contribution in [0.25, 0.3) is 0 Å². The average Bonchev–Trinajstić information content (AvgIpc) is 2.95. The van der Waals surface area contributed by atoms with Crippen LogP contribution in [0.3, 0.4) is 0 Å². The molecule has 0 aromatic carbocycles. The second-order valence-electron chi connectivity index (χ2n) is 8.02. The molecule has 0 spiro atoms. The van der Waals surface area contributed by atoms with E-state index in [1.807, 2.05) is 0 Å². The molecule has 5 heteroatoms. The lowest BCUT2D eigenvalue weighted by Crippen LogP contribution is -2.20. The zero-order chi connectivity index (χ0) is 20.1. The molecule has 0 unspecified atom stereocenters. The van der Waals surface area contributed by atoms with Gasteiger partial charge in [0.25, 0.3) is 0 Å². The predicted molar refractivity (Wildman–Crippen MR) is 105 cm³/mol. The smallest absolute Gasteiger partial charge is 0.303 e. The maximum atomic E-state index is 12.3. The van der Waals surface area contributed by atoms with Crippen LogP contribution in [-0.4, -0.2) is 28.9 Å². The van der Waals surface area contributed by atoms with Gasteiger partial charge in [-0.25, -0.2) is 0 Å². The van der Waals surface area contributed by atoms with E-state index >= 15 is 0 Å². The third kappa shape index (κ3) is 10.5. The lowest BCUT2D eigenvalue weighted by molar-refractivity contribution is -0.147. The number of carbonyl (C=O) groups excluding carboxylic acids is 2. The minimum atomic E-state index is -0.734. The highest BCUT2D eigenvalue weighted by Crippen LogP contribution is 2.36. The van der Waals surface area contributed by atoms with Crippen LogP contribution in [-0.2, 0) is 19.1 Å². The van der Waals surface area contributed by atoms with Gasteiger partial charge in [0.2, 0.25) is 0 Å². The number of rotatable bonds is 15. The Balaban J connectivity index is 2.36. The molecule has 27 heavy (non-hydrogen) atoms. The van der Waals surface area contributed by atoms with Gasteiger partial charge in [-0.15, -0.1) is 0 Å². The van der Waals surface area contributed by atoms with Crippen LogP contribution in [0.5, 0.6) is 0 Å². The fraction of sp³-hybridized carbons (Fsp3) is 0.864. The van der Waals surface area contributed by atoms with Crippen molar-refractivity contribution < 1.29 is 24.2 Å². The van der Waals surface area contributed by atoms with Crippen molar-refractivity contribution in [2.45, 2.75) is 110 Å². The molecule has 0 aromatic rings. The van der Waals surface area contributed by atoms with Crippen LogP contribution < -0.4 is 0 Å². The maximum absolute atomic E-state index is 12.3. The van der Waals surface area contributed by atoms with E-state index in [1.165, 1.54) is 6.92 Å². The Morgan fingerprint density at radius 3 is 2.48 bits per heavy atom. The first-order valence-electron chi connectivity index (χ1n) is 10.9. The number of Topliss-reactive ketones (excluding diaryl/α,β-unsaturated/α-hetero) is 1. The number of carboxylic acid groups (broad SMARTS) is 1. The third-order valence-corrected chi connectivity index (χ3v) is 5.72. The van der Waals surface area contributed by atoms with E-state index in [1.54, 1.807) is 0 Å². The lowest BCUT2D eigenvalue weighted by Gasteiger charge is -2.22. The van der Waals surface area contributed by atoms with E-state index in [9.17, 15) is 14.4 Å². The molecule has 1 N–H and O–H groups in total. The third-order valence-electron chi connectivity index (χ3n) is 5.72. The van der Waals surface area contributed by atoms with E-state index in [-0.39, 0.29) is 24.4 Å². The number of ether oxygens (including phenoxy) is 1. The van der Waals surface area contributed by atoms with Gasteiger partial charge in [0.15, 0.2) is 0 Å². The number of hydrogen-bond acceptors (Lipinski definition) is 4. The molecule has 1 aliphatic rings. The van der Waals surface area contributed by atoms with Gasteiger partial charge in [-0.3, -0.25) is 14.4 Å². The number of carboxylic acids is 1. The molecule has 3 atom stereocenters. The Hall–Kier alpha value is -1.39. The van der Waals surface area contributed by atoms with Crippen LogP contribution >= 0.6 is 0 Å². The molecular weight excluding hydrogens is 344 g/mol. The summed E-state index contributed by atoms with van der Waals surface area (Å²) in [6.07, 6.45) is 12.5. The van der Waals surface area contributed by atoms with Crippen LogP contribution in [0.4, 0.5) is 0 Å². The van der Waals surface area contributed by atoms with Crippen LogP contribution in [0.15, 0.2) is 0 Å². The largest absolute Gasteiger partial charge is 0.481 e. The Labute approximate surface area is 164 Å². The molecule has 0 amide bonds. The maximum Gasteiger partial charge on any atom is 0.303 e. The fourth-order valence-electron chi connectivity index (χ4n) is 4.23. The second kappa shape index (κ2) is 13.7. The molecule has 0 heterocycles. The van der Waals surface area contributed by atoms with E-state index < -0.39 is 5.97 Å². The Bertz CT molecular complexity index is 460. The quantitative estimate of drug-likeness (QED) is 0.307. The highest BCUT2D eigenvalue weighted by atomic mass is 16.5. The molecule has 0 saturated heterocycles. The standard InChI is InChI=1S/C22H38O5/c1-3-4-7-10-19(27-17(2)23)15-13-18-14-16-21(24)20(18)11-8-5-6-9-12-22(25)26/h18-20H,3-16H2,1-2H3,(H,25,26)/t18-,19-,20+/m0/s1. The molecule has 1 saturated carbocycles. The molecule has 0 aliphatic heterocycles. The topological polar surface area (TPSA) is 80.7 Å². The van der Waals surface area contributed by atoms with Crippen molar-refractivity contribution in [1.82, 2.24) is 0 Å². The minimum Gasteiger partial charge on any atom is -0.481 e. The van der Waals surface area contributed by atoms with Gasteiger partial charge in [0.1, 0.15) is 11.9 Å². The predicted octanol–water partition coefficient (Wildman–Crippen LogP) is 5.30. The molecule has 1 aliphatic carbocycles. The molecule has 1 fully saturated rings. The van der Waals surface area contributed by atoms with Gasteiger partial charge in [-0.2, -0.15) is 0 Å². The van der Waals surface area contributed by atoms with Crippen molar-refractivity contribution in [3.05, 3.63) is 0 Å². The normalized spacial score (nSPS) is 20.6. The van der Waals surface area contributed by atoms with Crippen molar-refractivity contribution >= 4 is 17.7 Å². The van der Waals surface area contributed by atoms with E-state index in [0.717, 1.165) is 77.0 Å². The van der Waals surface area contributed by atoms with Gasteiger partial charge in [0, 0.05) is 25.7 Å². The van der Waals surface area contributed by atoms with Crippen molar-refractivity contribution in [3.63, 3.8) is 0 Å². The summed E-state index contributed by atoms with van der Waals surface area (Å²) in [6, 6.07) is 0. The first-order valence-corrected chi connectivity index (χ1v) is 10.9. The van der Waals surface area contributed by atoms with Crippen LogP contribution in [0.1, 0.15) is 104 Å². The number of unbranched alkanes of at least 4 members (excludes halogenated alkanes) is 5. The molecule has 0 aromatic heterocycles. The Kier molecular flexibility index (Phi) is 12.0. The summed E-state index contributed by atoms with van der Waals surface area (Å²) in [5.41, 5.74) is 0. The van der Waals surface area contributed by atoms with Gasteiger partial charge < -0.3 is 9.84 Å². The summed E-state index contributed by atoms with van der Waals surface area (Å²) in [5.74, 6) is 0.0126. The summed E-state index contributed by atoms with van der Waals surface area (Å²) >= 11 is 0. The second-order valence-corrected chi connectivity index (χ2v) is 8.02. The highest BCUT2D eigenvalue weighted by molar-refractivity contribution is 5.83. The zero-order valence-corrected chi connectivity index (χ0v) is 17.2. The first kappa shape index (κ1) is 23.6. The molecule has 0 bridgehead atoms. The molecule has 5 nitrogen and oxygen atoms in total. The summed E-state index contributed by atoms with van der Waals surface area (Å²) < 4.78 is 5.49. The monoisotopic (exact) mass is 382 g/mol. The fourth-order valence-corrected chi connectivity index (χ4v) is 4.23. The number of hydrogen-bond donors (Lipinski definition) is 1. The first-order chi connectivity index (χ1) is 12.9. The summed E-state index contributed by atoms with van der Waals surface area (Å²) in [7, 11) is 0. The molecule has 0 radical (unpaired) electrons. The van der Waals surface area contributed by atoms with Crippen LogP contribution in [0.2, 0.25) is 0 Å². The van der Waals surface area contributed by atoms with E-state index in [2.05, 4.69) is 6.92 Å². The van der Waals surface area contributed by atoms with Crippen molar-refractivity contribution in [3.8, 4) is 0 Å². The summed E-state index contributed by atoms with van der Waals surface area (Å²) in [6.45, 7) is 3.64. The Morgan fingerprint density at radius 2 is 1.81 bits per heavy atom. The highest BCUT2D eigenvalue weighted by Gasteiger charge is 2.34. The van der Waals surface area contributed by atoms with Gasteiger partial charge >= 0.3 is 11.9 Å². The van der Waals surface area contributed by atoms with Crippen molar-refractivity contribution in [1.29, 1.82) is 0 Å². The van der Waals surface area contributed by atoms with Crippen molar-refractivity contribution in [2.75, 3.05) is 0 Å². The van der Waals surface area contributed by atoms with Crippen LogP contribution in [0, 0.1) is 11.8 Å². The number of esters is 1. The molecule has 1 rings (SSSR count). The molecular formula is C22H38O5. The average molecular weight is 383 g/mol. The number of aliphatic carboxylic acids is 1. The SMILES string of the molecule is CCCCC[C@@H](CC[C@H]1CCC(=O)[C@@H]1CCCCCCC(=O)O)OC(C)=O. The lowest BCUT2D eigenvalue weighted by atomic mass is 9.86. The van der Waals surface area contributed by atoms with Gasteiger partial charge in [-0.05, 0) is 50.9 Å². The molecule has 156 valence electrons. The van der Waals surface area contributed by atoms with Crippen molar-refractivity contribution in [2.24, 2.45) is 11.8 Å². The number of ketones is 1. The minimum absolute atomic E-state index is 0.0126. The van der Waals surface area contributed by atoms with Gasteiger partial charge in [-0.1, -0.05) is 39.0 Å². The van der Waals surface area contributed by atoms with E-state index in [4.69, 9.17) is 9.84 Å². The van der Waals surface area contributed by atoms with E-state index in [0.29, 0.717) is 18.1 Å². The summed E-state index contributed by atoms with van der Waals surface area (Å²) in [4.78, 5) is 34.1. The summed E-state index contributed by atoms with van der Waals surface area (Å²) in [5, 5.41) is 8.66. The zero-order valence-electron chi connectivity index (χ0n) is 17.2.